The molecule has 1 N–H and O–H groups in total. The summed E-state index contributed by atoms with van der Waals surface area (Å²) in [4.78, 5) is 4.17. The molecular formula is C12H12F3N3S. The Hall–Kier alpha value is -1.63. The van der Waals surface area contributed by atoms with Gasteiger partial charge in [0.1, 0.15) is 0 Å². The minimum Gasteiger partial charge on any atom is -0.358 e. The lowest BCUT2D eigenvalue weighted by atomic mass is 10.1. The average Bonchev–Trinajstić information content (AvgIpc) is 2.76. The standard InChI is InChI=1S/C12H12F3N3S/c1-7(2)16-11-17-10(18-19-11)8-4-3-5-9(6-8)12(13,14)15/h3-7H,1-2H3,(H,16,17,18). The van der Waals surface area contributed by atoms with Crippen LogP contribution in [0.2, 0.25) is 0 Å². The molecule has 0 unspecified atom stereocenters. The summed E-state index contributed by atoms with van der Waals surface area (Å²) in [6.07, 6.45) is -4.36. The molecule has 0 bridgehead atoms. The van der Waals surface area contributed by atoms with Crippen molar-refractivity contribution >= 4 is 16.7 Å². The second kappa shape index (κ2) is 5.16. The van der Waals surface area contributed by atoms with Gasteiger partial charge in [-0.3, -0.25) is 0 Å². The molecule has 0 fully saturated rings. The first kappa shape index (κ1) is 13.8. The number of nitrogens with zero attached hydrogens (tertiary/aromatic N) is 2. The van der Waals surface area contributed by atoms with E-state index in [2.05, 4.69) is 14.7 Å². The zero-order valence-electron chi connectivity index (χ0n) is 10.3. The number of anilines is 1. The van der Waals surface area contributed by atoms with Crippen LogP contribution in [0.15, 0.2) is 24.3 Å². The van der Waals surface area contributed by atoms with Crippen LogP contribution in [0.25, 0.3) is 11.4 Å². The average molecular weight is 287 g/mol. The van der Waals surface area contributed by atoms with Crippen LogP contribution in [-0.2, 0) is 6.18 Å². The predicted octanol–water partition coefficient (Wildman–Crippen LogP) is 4.04. The molecule has 0 saturated heterocycles. The Kier molecular flexibility index (Phi) is 3.75. The predicted molar refractivity (Wildman–Crippen MR) is 69.1 cm³/mol. The third kappa shape index (κ3) is 3.44. The van der Waals surface area contributed by atoms with Crippen LogP contribution < -0.4 is 5.32 Å². The van der Waals surface area contributed by atoms with Crippen LogP contribution in [0.3, 0.4) is 0 Å². The van der Waals surface area contributed by atoms with Crippen LogP contribution in [0, 0.1) is 0 Å². The van der Waals surface area contributed by atoms with Gasteiger partial charge in [0.25, 0.3) is 0 Å². The van der Waals surface area contributed by atoms with Crippen molar-refractivity contribution in [3.05, 3.63) is 29.8 Å². The maximum Gasteiger partial charge on any atom is 0.416 e. The van der Waals surface area contributed by atoms with Gasteiger partial charge in [0, 0.05) is 23.1 Å². The Morgan fingerprint density at radius 1 is 1.26 bits per heavy atom. The molecule has 19 heavy (non-hydrogen) atoms. The summed E-state index contributed by atoms with van der Waals surface area (Å²) in [5, 5.41) is 3.66. The minimum atomic E-state index is -4.36. The maximum atomic E-state index is 12.6. The van der Waals surface area contributed by atoms with Gasteiger partial charge in [-0.25, -0.2) is 0 Å². The lowest BCUT2D eigenvalue weighted by Gasteiger charge is -2.07. The summed E-state index contributed by atoms with van der Waals surface area (Å²) in [7, 11) is 0. The number of alkyl halides is 3. The van der Waals surface area contributed by atoms with Gasteiger partial charge in [0.05, 0.1) is 5.56 Å². The number of hydrogen-bond donors (Lipinski definition) is 1. The fourth-order valence-corrected chi connectivity index (χ4v) is 2.22. The number of nitrogens with one attached hydrogen (secondary N) is 1. The van der Waals surface area contributed by atoms with Crippen LogP contribution in [-0.4, -0.2) is 15.4 Å². The normalized spacial score (nSPS) is 11.9. The first-order chi connectivity index (χ1) is 8.86. The largest absolute Gasteiger partial charge is 0.416 e. The third-order valence-corrected chi connectivity index (χ3v) is 2.93. The topological polar surface area (TPSA) is 37.8 Å². The van der Waals surface area contributed by atoms with Crippen molar-refractivity contribution < 1.29 is 13.2 Å². The fraction of sp³-hybridized carbons (Fsp3) is 0.333. The molecule has 0 aliphatic heterocycles. The molecule has 0 spiro atoms. The molecule has 102 valence electrons. The Morgan fingerprint density at radius 2 is 2.00 bits per heavy atom. The molecule has 0 atom stereocenters. The van der Waals surface area contributed by atoms with Crippen LogP contribution >= 0.6 is 11.5 Å². The van der Waals surface area contributed by atoms with Gasteiger partial charge in [-0.2, -0.15) is 22.5 Å². The Labute approximate surface area is 112 Å². The van der Waals surface area contributed by atoms with E-state index in [0.717, 1.165) is 23.7 Å². The van der Waals surface area contributed by atoms with Crippen molar-refractivity contribution in [2.45, 2.75) is 26.1 Å². The maximum absolute atomic E-state index is 12.6. The van der Waals surface area contributed by atoms with Crippen LogP contribution in [0.5, 0.6) is 0 Å². The van der Waals surface area contributed by atoms with Gasteiger partial charge in [0.15, 0.2) is 5.82 Å². The summed E-state index contributed by atoms with van der Waals surface area (Å²) in [5.74, 6) is 0.305. The monoisotopic (exact) mass is 287 g/mol. The quantitative estimate of drug-likeness (QED) is 0.925. The molecule has 0 aliphatic rings. The lowest BCUT2D eigenvalue weighted by molar-refractivity contribution is -0.137. The SMILES string of the molecule is CC(C)Nc1nc(-c2cccc(C(F)(F)F)c2)ns1. The molecule has 0 amide bonds. The summed E-state index contributed by atoms with van der Waals surface area (Å²) in [6, 6.07) is 5.21. The van der Waals surface area contributed by atoms with Crippen molar-refractivity contribution in [3.8, 4) is 11.4 Å². The zero-order valence-corrected chi connectivity index (χ0v) is 11.1. The summed E-state index contributed by atoms with van der Waals surface area (Å²) in [6.45, 7) is 3.90. The highest BCUT2D eigenvalue weighted by Crippen LogP contribution is 2.32. The smallest absolute Gasteiger partial charge is 0.358 e. The van der Waals surface area contributed by atoms with E-state index in [-0.39, 0.29) is 6.04 Å². The molecule has 1 aromatic heterocycles. The van der Waals surface area contributed by atoms with Gasteiger partial charge in [-0.1, -0.05) is 12.1 Å². The minimum absolute atomic E-state index is 0.197. The van der Waals surface area contributed by atoms with Crippen molar-refractivity contribution in [1.29, 1.82) is 0 Å². The molecule has 3 nitrogen and oxygen atoms in total. The van der Waals surface area contributed by atoms with Gasteiger partial charge in [0.2, 0.25) is 5.13 Å². The van der Waals surface area contributed by atoms with Gasteiger partial charge < -0.3 is 5.32 Å². The van der Waals surface area contributed by atoms with E-state index < -0.39 is 11.7 Å². The molecule has 2 aromatic rings. The van der Waals surface area contributed by atoms with E-state index >= 15 is 0 Å². The number of hydrogen-bond acceptors (Lipinski definition) is 4. The zero-order chi connectivity index (χ0) is 14.0. The summed E-state index contributed by atoms with van der Waals surface area (Å²) in [5.41, 5.74) is -0.332. The Morgan fingerprint density at radius 3 is 2.63 bits per heavy atom. The van der Waals surface area contributed by atoms with Crippen molar-refractivity contribution in [2.24, 2.45) is 0 Å². The summed E-state index contributed by atoms with van der Waals surface area (Å²) >= 11 is 1.13. The number of benzene rings is 1. The van der Waals surface area contributed by atoms with Crippen molar-refractivity contribution in [1.82, 2.24) is 9.36 Å². The molecule has 2 rings (SSSR count). The molecule has 1 heterocycles. The first-order valence-corrected chi connectivity index (χ1v) is 6.41. The van der Waals surface area contributed by atoms with E-state index in [9.17, 15) is 13.2 Å². The fourth-order valence-electron chi connectivity index (χ4n) is 1.48. The van der Waals surface area contributed by atoms with Gasteiger partial charge >= 0.3 is 6.18 Å². The van der Waals surface area contributed by atoms with Gasteiger partial charge in [-0.15, -0.1) is 0 Å². The number of halogens is 3. The molecular weight excluding hydrogens is 275 g/mol. The Bertz CT molecular complexity index is 563. The highest BCUT2D eigenvalue weighted by Gasteiger charge is 2.30. The molecule has 0 saturated carbocycles. The number of aromatic nitrogens is 2. The molecule has 0 radical (unpaired) electrons. The number of rotatable bonds is 3. The second-order valence-electron chi connectivity index (χ2n) is 4.30. The highest BCUT2D eigenvalue weighted by atomic mass is 32.1. The van der Waals surface area contributed by atoms with Crippen LogP contribution in [0.1, 0.15) is 19.4 Å². The van der Waals surface area contributed by atoms with E-state index in [4.69, 9.17) is 0 Å². The lowest BCUT2D eigenvalue weighted by Crippen LogP contribution is -2.09. The van der Waals surface area contributed by atoms with Crippen molar-refractivity contribution in [3.63, 3.8) is 0 Å². The molecule has 0 aliphatic carbocycles. The van der Waals surface area contributed by atoms with E-state index in [1.165, 1.54) is 6.07 Å². The first-order valence-electron chi connectivity index (χ1n) is 5.64. The van der Waals surface area contributed by atoms with Crippen LogP contribution in [0.4, 0.5) is 18.3 Å². The Balaban J connectivity index is 2.29. The third-order valence-electron chi connectivity index (χ3n) is 2.29. The molecule has 7 heteroatoms. The second-order valence-corrected chi connectivity index (χ2v) is 5.05. The molecule has 1 aromatic carbocycles. The summed E-state index contributed by atoms with van der Waals surface area (Å²) < 4.78 is 41.9. The highest BCUT2D eigenvalue weighted by molar-refractivity contribution is 7.09. The van der Waals surface area contributed by atoms with Crippen molar-refractivity contribution in [2.75, 3.05) is 5.32 Å². The van der Waals surface area contributed by atoms with E-state index in [1.807, 2.05) is 13.8 Å². The van der Waals surface area contributed by atoms with Gasteiger partial charge in [-0.05, 0) is 26.0 Å². The van der Waals surface area contributed by atoms with E-state index in [0.29, 0.717) is 16.5 Å². The van der Waals surface area contributed by atoms with E-state index in [1.54, 1.807) is 6.07 Å².